The molecule has 0 fully saturated rings. The maximum absolute atomic E-state index is 11.2. The minimum Gasteiger partial charge on any atom is -0.495 e. The van der Waals surface area contributed by atoms with Crippen LogP contribution in [0, 0.1) is 0 Å². The average molecular weight is 299 g/mol. The van der Waals surface area contributed by atoms with Crippen molar-refractivity contribution in [2.75, 3.05) is 7.11 Å². The van der Waals surface area contributed by atoms with Crippen molar-refractivity contribution in [2.45, 2.75) is 32.1 Å². The molecule has 0 atom stereocenters. The maximum atomic E-state index is 11.2. The molecule has 1 aromatic rings. The van der Waals surface area contributed by atoms with Crippen LogP contribution >= 0.6 is 15.9 Å². The van der Waals surface area contributed by atoms with Crippen LogP contribution in [0.5, 0.6) is 5.75 Å². The molecule has 0 aliphatic heterocycles. The van der Waals surface area contributed by atoms with Gasteiger partial charge in [0.25, 0.3) is 0 Å². The number of rotatable bonds is 2. The molecule has 0 spiro atoms. The second kappa shape index (κ2) is 5.08. The lowest BCUT2D eigenvalue weighted by atomic mass is 9.99. The summed E-state index contributed by atoms with van der Waals surface area (Å²) in [6.45, 7) is 0. The lowest BCUT2D eigenvalue weighted by Crippen LogP contribution is -2.05. The molecular weight excluding hydrogens is 284 g/mol. The molecule has 1 aromatic carbocycles. The SMILES string of the molecule is COc1c(C(=O)O)cc2c(c1Br)CCCCC2. The van der Waals surface area contributed by atoms with Gasteiger partial charge in [0, 0.05) is 0 Å². The van der Waals surface area contributed by atoms with Gasteiger partial charge < -0.3 is 9.84 Å². The second-order valence-electron chi connectivity index (χ2n) is 4.27. The summed E-state index contributed by atoms with van der Waals surface area (Å²) in [5, 5.41) is 9.19. The van der Waals surface area contributed by atoms with E-state index in [1.165, 1.54) is 19.1 Å². The summed E-state index contributed by atoms with van der Waals surface area (Å²) in [5.41, 5.74) is 2.61. The van der Waals surface area contributed by atoms with Crippen LogP contribution in [0.3, 0.4) is 0 Å². The summed E-state index contributed by atoms with van der Waals surface area (Å²) < 4.78 is 6.03. The van der Waals surface area contributed by atoms with Crippen molar-refractivity contribution in [3.8, 4) is 5.75 Å². The number of aryl methyl sites for hydroxylation is 1. The highest BCUT2D eigenvalue weighted by Gasteiger charge is 2.21. The van der Waals surface area contributed by atoms with E-state index >= 15 is 0 Å². The standard InChI is InChI=1S/C13H15BrO3/c1-17-12-10(13(15)16)7-8-5-3-2-4-6-9(8)11(12)14/h7H,2-6H2,1H3,(H,15,16). The third-order valence-corrected chi connectivity index (χ3v) is 4.06. The molecule has 0 bridgehead atoms. The van der Waals surface area contributed by atoms with E-state index in [2.05, 4.69) is 15.9 Å². The van der Waals surface area contributed by atoms with Crippen LogP contribution in [-0.4, -0.2) is 18.2 Å². The Hall–Kier alpha value is -1.03. The summed E-state index contributed by atoms with van der Waals surface area (Å²) in [7, 11) is 1.51. The normalized spacial score (nSPS) is 14.9. The first-order valence-corrected chi connectivity index (χ1v) is 6.56. The largest absolute Gasteiger partial charge is 0.495 e. The van der Waals surface area contributed by atoms with Gasteiger partial charge in [0.05, 0.1) is 11.6 Å². The predicted octanol–water partition coefficient (Wildman–Crippen LogP) is 3.42. The number of carboxylic acid groups (broad SMARTS) is 1. The van der Waals surface area contributed by atoms with Crippen molar-refractivity contribution in [3.05, 3.63) is 27.2 Å². The zero-order valence-electron chi connectivity index (χ0n) is 9.75. The Morgan fingerprint density at radius 2 is 2.06 bits per heavy atom. The molecule has 0 amide bonds. The number of ether oxygens (including phenoxy) is 1. The van der Waals surface area contributed by atoms with E-state index in [0.717, 1.165) is 35.7 Å². The molecule has 0 saturated heterocycles. The molecule has 0 radical (unpaired) electrons. The molecule has 4 heteroatoms. The zero-order valence-corrected chi connectivity index (χ0v) is 11.3. The molecule has 17 heavy (non-hydrogen) atoms. The number of carboxylic acids is 1. The van der Waals surface area contributed by atoms with Crippen molar-refractivity contribution < 1.29 is 14.6 Å². The minimum absolute atomic E-state index is 0.250. The highest BCUT2D eigenvalue weighted by Crippen LogP contribution is 2.37. The first-order valence-electron chi connectivity index (χ1n) is 5.76. The van der Waals surface area contributed by atoms with E-state index in [1.54, 1.807) is 6.07 Å². The number of hydrogen-bond donors (Lipinski definition) is 1. The van der Waals surface area contributed by atoms with E-state index in [-0.39, 0.29) is 5.56 Å². The Kier molecular flexibility index (Phi) is 3.72. The summed E-state index contributed by atoms with van der Waals surface area (Å²) in [6.07, 6.45) is 5.43. The highest BCUT2D eigenvalue weighted by molar-refractivity contribution is 9.10. The fourth-order valence-electron chi connectivity index (χ4n) is 2.37. The number of aromatic carboxylic acids is 1. The van der Waals surface area contributed by atoms with Crippen molar-refractivity contribution in [2.24, 2.45) is 0 Å². The summed E-state index contributed by atoms with van der Waals surface area (Å²) in [4.78, 5) is 11.2. The number of fused-ring (bicyclic) bond motifs is 1. The van der Waals surface area contributed by atoms with Crippen LogP contribution < -0.4 is 4.74 Å². The van der Waals surface area contributed by atoms with Gasteiger partial charge in [0.2, 0.25) is 0 Å². The predicted molar refractivity (Wildman–Crippen MR) is 68.9 cm³/mol. The van der Waals surface area contributed by atoms with Crippen LogP contribution in [0.2, 0.25) is 0 Å². The number of methoxy groups -OCH3 is 1. The first-order chi connectivity index (χ1) is 8.15. The number of halogens is 1. The molecule has 1 aliphatic carbocycles. The third kappa shape index (κ3) is 2.32. The van der Waals surface area contributed by atoms with Gasteiger partial charge in [-0.1, -0.05) is 6.42 Å². The lowest BCUT2D eigenvalue weighted by Gasteiger charge is -2.15. The van der Waals surface area contributed by atoms with E-state index in [4.69, 9.17) is 4.74 Å². The average Bonchev–Trinajstić information content (AvgIpc) is 2.54. The van der Waals surface area contributed by atoms with Gasteiger partial charge in [0.15, 0.2) is 0 Å². The van der Waals surface area contributed by atoms with Gasteiger partial charge in [0.1, 0.15) is 11.3 Å². The van der Waals surface area contributed by atoms with E-state index < -0.39 is 5.97 Å². The Morgan fingerprint density at radius 1 is 1.35 bits per heavy atom. The Morgan fingerprint density at radius 3 is 2.71 bits per heavy atom. The van der Waals surface area contributed by atoms with Gasteiger partial charge in [-0.2, -0.15) is 0 Å². The molecule has 92 valence electrons. The van der Waals surface area contributed by atoms with Crippen LogP contribution in [0.4, 0.5) is 0 Å². The van der Waals surface area contributed by atoms with Gasteiger partial charge in [-0.25, -0.2) is 4.79 Å². The summed E-state index contributed by atoms with van der Waals surface area (Å²) in [6, 6.07) is 1.77. The fraction of sp³-hybridized carbons (Fsp3) is 0.462. The molecule has 0 aromatic heterocycles. The zero-order chi connectivity index (χ0) is 12.4. The van der Waals surface area contributed by atoms with Gasteiger partial charge in [-0.15, -0.1) is 0 Å². The first kappa shape index (κ1) is 12.4. The van der Waals surface area contributed by atoms with E-state index in [0.29, 0.717) is 5.75 Å². The highest BCUT2D eigenvalue weighted by atomic mass is 79.9. The van der Waals surface area contributed by atoms with Crippen molar-refractivity contribution in [1.29, 1.82) is 0 Å². The Bertz CT molecular complexity index is 454. The van der Waals surface area contributed by atoms with Crippen molar-refractivity contribution in [3.63, 3.8) is 0 Å². The Balaban J connectivity index is 2.61. The minimum atomic E-state index is -0.936. The molecule has 1 aliphatic rings. The van der Waals surface area contributed by atoms with E-state index in [1.807, 2.05) is 0 Å². The fourth-order valence-corrected chi connectivity index (χ4v) is 3.20. The van der Waals surface area contributed by atoms with Crippen molar-refractivity contribution in [1.82, 2.24) is 0 Å². The smallest absolute Gasteiger partial charge is 0.339 e. The number of carbonyl (C=O) groups is 1. The third-order valence-electron chi connectivity index (χ3n) is 3.22. The Labute approximate surface area is 109 Å². The lowest BCUT2D eigenvalue weighted by molar-refractivity contribution is 0.0693. The summed E-state index contributed by atoms with van der Waals surface area (Å²) in [5.74, 6) is -0.493. The van der Waals surface area contributed by atoms with Crippen LogP contribution in [0.1, 0.15) is 40.7 Å². The molecule has 0 unspecified atom stereocenters. The van der Waals surface area contributed by atoms with E-state index in [9.17, 15) is 9.90 Å². The number of benzene rings is 1. The monoisotopic (exact) mass is 298 g/mol. The number of hydrogen-bond acceptors (Lipinski definition) is 2. The van der Waals surface area contributed by atoms with Crippen LogP contribution in [0.15, 0.2) is 10.5 Å². The topological polar surface area (TPSA) is 46.5 Å². The summed E-state index contributed by atoms with van der Waals surface area (Å²) >= 11 is 3.49. The quantitative estimate of drug-likeness (QED) is 0.851. The molecule has 2 rings (SSSR count). The van der Waals surface area contributed by atoms with Crippen molar-refractivity contribution >= 4 is 21.9 Å². The van der Waals surface area contributed by atoms with Crippen LogP contribution in [-0.2, 0) is 12.8 Å². The molecular formula is C13H15BrO3. The van der Waals surface area contributed by atoms with Gasteiger partial charge in [-0.05, 0) is 58.8 Å². The van der Waals surface area contributed by atoms with Crippen LogP contribution in [0.25, 0.3) is 0 Å². The maximum Gasteiger partial charge on any atom is 0.339 e. The van der Waals surface area contributed by atoms with Gasteiger partial charge in [-0.3, -0.25) is 0 Å². The van der Waals surface area contributed by atoms with Gasteiger partial charge >= 0.3 is 5.97 Å². The molecule has 3 nitrogen and oxygen atoms in total. The second-order valence-corrected chi connectivity index (χ2v) is 5.07. The molecule has 1 N–H and O–H groups in total. The molecule has 0 saturated carbocycles. The molecule has 0 heterocycles.